The van der Waals surface area contributed by atoms with Gasteiger partial charge in [-0.15, -0.1) is 0 Å². The number of hydrogen-bond acceptors (Lipinski definition) is 3. The number of rotatable bonds is 4. The summed E-state index contributed by atoms with van der Waals surface area (Å²) in [6, 6.07) is 18.6. The summed E-state index contributed by atoms with van der Waals surface area (Å²) in [4.78, 5) is 16.5. The number of amides is 1. The van der Waals surface area contributed by atoms with E-state index in [1.165, 1.54) is 0 Å². The van der Waals surface area contributed by atoms with Gasteiger partial charge in [0.15, 0.2) is 0 Å². The van der Waals surface area contributed by atoms with E-state index in [0.29, 0.717) is 16.7 Å². The van der Waals surface area contributed by atoms with E-state index in [-0.39, 0.29) is 0 Å². The van der Waals surface area contributed by atoms with Crippen molar-refractivity contribution in [2.45, 2.75) is 0 Å². The average Bonchev–Trinajstić information content (AvgIpc) is 2.50. The zero-order valence-corrected chi connectivity index (χ0v) is 12.2. The molecule has 1 amide bonds. The number of anilines is 1. The van der Waals surface area contributed by atoms with Crippen molar-refractivity contribution in [3.63, 3.8) is 0 Å². The maximum Gasteiger partial charge on any atom is 0.437 e. The van der Waals surface area contributed by atoms with Crippen LogP contribution < -0.4 is 5.32 Å². The summed E-state index contributed by atoms with van der Waals surface area (Å²) in [7, 11) is 0. The lowest BCUT2D eigenvalue weighted by Gasteiger charge is -2.04. The van der Waals surface area contributed by atoms with Gasteiger partial charge in [0.1, 0.15) is 0 Å². The largest absolute Gasteiger partial charge is 0.437 e. The second-order valence-electron chi connectivity index (χ2n) is 3.91. The lowest BCUT2D eigenvalue weighted by molar-refractivity contribution is 0.166. The lowest BCUT2D eigenvalue weighted by atomic mass is 10.1. The molecule has 0 spiro atoms. The fourth-order valence-corrected chi connectivity index (χ4v) is 1.97. The highest BCUT2D eigenvalue weighted by molar-refractivity contribution is 9.09. The molecule has 20 heavy (non-hydrogen) atoms. The van der Waals surface area contributed by atoms with E-state index in [1.807, 2.05) is 48.5 Å². The zero-order valence-electron chi connectivity index (χ0n) is 10.6. The first-order valence-electron chi connectivity index (χ1n) is 6.01. The number of nitrogens with one attached hydrogen (secondary N) is 1. The van der Waals surface area contributed by atoms with Gasteiger partial charge in [0.25, 0.3) is 0 Å². The first-order valence-corrected chi connectivity index (χ1v) is 7.13. The highest BCUT2D eigenvalue weighted by atomic mass is 79.9. The average molecular weight is 333 g/mol. The molecule has 0 aliphatic heterocycles. The van der Waals surface area contributed by atoms with E-state index in [9.17, 15) is 4.79 Å². The molecule has 2 aromatic rings. The van der Waals surface area contributed by atoms with Gasteiger partial charge in [0.05, 0.1) is 5.71 Å². The molecular formula is C15H13BrN2O2. The van der Waals surface area contributed by atoms with Crippen LogP contribution in [0.4, 0.5) is 10.5 Å². The highest BCUT2D eigenvalue weighted by Gasteiger charge is 2.05. The van der Waals surface area contributed by atoms with Crippen LogP contribution in [0.2, 0.25) is 0 Å². The minimum Gasteiger partial charge on any atom is -0.297 e. The molecule has 0 fully saturated rings. The predicted molar refractivity (Wildman–Crippen MR) is 83.3 cm³/mol. The van der Waals surface area contributed by atoms with Gasteiger partial charge in [0, 0.05) is 16.6 Å². The maximum atomic E-state index is 11.6. The number of nitrogens with zero attached hydrogens (tertiary/aromatic N) is 1. The van der Waals surface area contributed by atoms with Gasteiger partial charge < -0.3 is 0 Å². The Bertz CT molecular complexity index is 585. The third-order valence-corrected chi connectivity index (χ3v) is 3.02. The first-order chi connectivity index (χ1) is 9.79. The van der Waals surface area contributed by atoms with Crippen molar-refractivity contribution in [2.75, 3.05) is 10.6 Å². The van der Waals surface area contributed by atoms with Crippen LogP contribution >= 0.6 is 15.9 Å². The van der Waals surface area contributed by atoms with E-state index in [4.69, 9.17) is 4.84 Å². The van der Waals surface area contributed by atoms with Crippen molar-refractivity contribution in [3.05, 3.63) is 66.2 Å². The SMILES string of the molecule is O=C(Nc1ccccc1)ON=C(CBr)c1ccccc1. The highest BCUT2D eigenvalue weighted by Crippen LogP contribution is 2.07. The normalized spacial score (nSPS) is 10.9. The molecule has 1 N–H and O–H groups in total. The van der Waals surface area contributed by atoms with Crippen molar-refractivity contribution in [1.29, 1.82) is 0 Å². The Morgan fingerprint density at radius 3 is 2.25 bits per heavy atom. The molecule has 0 saturated heterocycles. The molecule has 2 aromatic carbocycles. The summed E-state index contributed by atoms with van der Waals surface area (Å²) < 4.78 is 0. The molecule has 0 atom stereocenters. The number of para-hydroxylation sites is 1. The van der Waals surface area contributed by atoms with Crippen LogP contribution in [-0.2, 0) is 4.84 Å². The van der Waals surface area contributed by atoms with Gasteiger partial charge in [-0.2, -0.15) is 0 Å². The van der Waals surface area contributed by atoms with Gasteiger partial charge in [0.2, 0.25) is 0 Å². The smallest absolute Gasteiger partial charge is 0.297 e. The fraction of sp³-hybridized carbons (Fsp3) is 0.0667. The van der Waals surface area contributed by atoms with Crippen molar-refractivity contribution >= 4 is 33.4 Å². The van der Waals surface area contributed by atoms with Crippen molar-refractivity contribution in [3.8, 4) is 0 Å². The van der Waals surface area contributed by atoms with E-state index in [2.05, 4.69) is 26.4 Å². The first kappa shape index (κ1) is 14.3. The topological polar surface area (TPSA) is 50.7 Å². The van der Waals surface area contributed by atoms with Gasteiger partial charge in [-0.25, -0.2) is 4.79 Å². The fourth-order valence-electron chi connectivity index (χ4n) is 1.54. The Hall–Kier alpha value is -2.14. The van der Waals surface area contributed by atoms with Gasteiger partial charge in [-0.1, -0.05) is 69.6 Å². The van der Waals surface area contributed by atoms with Crippen LogP contribution in [0.25, 0.3) is 0 Å². The summed E-state index contributed by atoms with van der Waals surface area (Å²) >= 11 is 3.33. The van der Waals surface area contributed by atoms with E-state index >= 15 is 0 Å². The minimum atomic E-state index is -0.620. The van der Waals surface area contributed by atoms with Crippen LogP contribution in [0.1, 0.15) is 5.56 Å². The van der Waals surface area contributed by atoms with Gasteiger partial charge >= 0.3 is 6.09 Å². The number of halogens is 1. The van der Waals surface area contributed by atoms with Crippen LogP contribution in [0.3, 0.4) is 0 Å². The lowest BCUT2D eigenvalue weighted by Crippen LogP contribution is -2.13. The molecule has 0 aliphatic rings. The summed E-state index contributed by atoms with van der Waals surface area (Å²) in [5, 5.41) is 6.95. The van der Waals surface area contributed by atoms with E-state index in [1.54, 1.807) is 12.1 Å². The quantitative estimate of drug-likeness (QED) is 0.397. The molecule has 0 saturated carbocycles. The minimum absolute atomic E-state index is 0.496. The van der Waals surface area contributed by atoms with Crippen molar-refractivity contribution in [1.82, 2.24) is 0 Å². The Balaban J connectivity index is 1.99. The van der Waals surface area contributed by atoms with Gasteiger partial charge in [-0.3, -0.25) is 10.2 Å². The molecule has 4 nitrogen and oxygen atoms in total. The molecule has 5 heteroatoms. The molecule has 0 heterocycles. The second kappa shape index (κ2) is 7.45. The molecule has 0 aromatic heterocycles. The predicted octanol–water partition coefficient (Wildman–Crippen LogP) is 4.03. The third-order valence-electron chi connectivity index (χ3n) is 2.49. The molecule has 0 radical (unpaired) electrons. The molecule has 0 bridgehead atoms. The van der Waals surface area contributed by atoms with Crippen molar-refractivity contribution < 1.29 is 9.63 Å². The summed E-state index contributed by atoms with van der Waals surface area (Å²) in [5.74, 6) is 0. The standard InChI is InChI=1S/C15H13BrN2O2/c16-11-14(12-7-3-1-4-8-12)18-20-15(19)17-13-9-5-2-6-10-13/h1-10H,11H2,(H,17,19). The number of alkyl halides is 1. The summed E-state index contributed by atoms with van der Waals surface area (Å²) in [6.07, 6.45) is -0.620. The van der Waals surface area contributed by atoms with Crippen LogP contribution in [0.5, 0.6) is 0 Å². The summed E-state index contributed by atoms with van der Waals surface area (Å²) in [5.41, 5.74) is 2.21. The van der Waals surface area contributed by atoms with Gasteiger partial charge in [-0.05, 0) is 12.1 Å². The molecule has 0 aliphatic carbocycles. The number of carbonyl (C=O) groups excluding carboxylic acids is 1. The Labute approximate surface area is 125 Å². The monoisotopic (exact) mass is 332 g/mol. The molecule has 0 unspecified atom stereocenters. The number of benzene rings is 2. The van der Waals surface area contributed by atoms with E-state index < -0.39 is 6.09 Å². The third kappa shape index (κ3) is 4.20. The van der Waals surface area contributed by atoms with Crippen LogP contribution in [0.15, 0.2) is 65.8 Å². The van der Waals surface area contributed by atoms with Crippen molar-refractivity contribution in [2.24, 2.45) is 5.16 Å². The number of oxime groups is 1. The molecule has 102 valence electrons. The molecule has 2 rings (SSSR count). The Morgan fingerprint density at radius 2 is 1.65 bits per heavy atom. The Kier molecular flexibility index (Phi) is 5.32. The van der Waals surface area contributed by atoms with Crippen LogP contribution in [0, 0.1) is 0 Å². The Morgan fingerprint density at radius 1 is 1.05 bits per heavy atom. The molecular weight excluding hydrogens is 320 g/mol. The zero-order chi connectivity index (χ0) is 14.2. The second-order valence-corrected chi connectivity index (χ2v) is 4.47. The number of hydrogen-bond donors (Lipinski definition) is 1. The van der Waals surface area contributed by atoms with E-state index in [0.717, 1.165) is 5.56 Å². The number of carbonyl (C=O) groups is 1. The summed E-state index contributed by atoms with van der Waals surface area (Å²) in [6.45, 7) is 0. The maximum absolute atomic E-state index is 11.6. The van der Waals surface area contributed by atoms with Crippen LogP contribution in [-0.4, -0.2) is 17.1 Å².